The van der Waals surface area contributed by atoms with Crippen LogP contribution >= 0.6 is 0 Å². The molecule has 2 aromatic heterocycles. The van der Waals surface area contributed by atoms with Crippen molar-refractivity contribution < 1.29 is 0 Å². The largest absolute Gasteiger partial charge is 0.373 e. The zero-order chi connectivity index (χ0) is 16.2. The minimum Gasteiger partial charge on any atom is -0.373 e. The third kappa shape index (κ3) is 4.16. The predicted molar refractivity (Wildman–Crippen MR) is 80.8 cm³/mol. The molecule has 0 bridgehead atoms. The van der Waals surface area contributed by atoms with Crippen molar-refractivity contribution in [1.82, 2.24) is 19.1 Å². The summed E-state index contributed by atoms with van der Waals surface area (Å²) in [5, 5.41) is 2.84. The van der Waals surface area contributed by atoms with Crippen LogP contribution in [0.3, 0.4) is 0 Å². The number of aromatic nitrogens is 4. The summed E-state index contributed by atoms with van der Waals surface area (Å²) in [5.41, 5.74) is 0.579. The molecule has 0 aliphatic heterocycles. The fraction of sp³-hybridized carbons (Fsp3) is 0.385. The summed E-state index contributed by atoms with van der Waals surface area (Å²) >= 11 is 0. The molecule has 0 aliphatic carbocycles. The minimum atomic E-state index is -0.379. The lowest BCUT2D eigenvalue weighted by Gasteiger charge is -2.03. The van der Waals surface area contributed by atoms with Crippen LogP contribution in [-0.2, 0) is 14.1 Å². The van der Waals surface area contributed by atoms with E-state index >= 15 is 0 Å². The summed E-state index contributed by atoms with van der Waals surface area (Å²) < 4.78 is 2.78. The van der Waals surface area contributed by atoms with E-state index in [2.05, 4.69) is 15.3 Å². The number of hydrogen-bond acceptors (Lipinski definition) is 5. The molecule has 0 aliphatic rings. The molecular weight excluding hydrogens is 274 g/mol. The van der Waals surface area contributed by atoms with E-state index < -0.39 is 0 Å². The maximum Gasteiger partial charge on any atom is 0.349 e. The second kappa shape index (κ2) is 6.69. The van der Waals surface area contributed by atoms with E-state index in [4.69, 9.17) is 0 Å². The van der Waals surface area contributed by atoms with Crippen molar-refractivity contribution in [2.24, 2.45) is 14.1 Å². The van der Waals surface area contributed by atoms with Gasteiger partial charge in [0, 0.05) is 44.7 Å². The van der Waals surface area contributed by atoms with Crippen LogP contribution in [0.15, 0.2) is 26.8 Å². The first-order valence-electron chi connectivity index (χ1n) is 6.24. The fourth-order valence-corrected chi connectivity index (χ4v) is 1.61. The van der Waals surface area contributed by atoms with Gasteiger partial charge in [-0.1, -0.05) is 0 Å². The van der Waals surface area contributed by atoms with Crippen LogP contribution < -0.4 is 22.3 Å². The van der Waals surface area contributed by atoms with Crippen molar-refractivity contribution >= 4 is 5.82 Å². The second-order valence-electron chi connectivity index (χ2n) is 4.60. The first-order valence-corrected chi connectivity index (χ1v) is 6.24. The fourth-order valence-electron chi connectivity index (χ4n) is 1.61. The van der Waals surface area contributed by atoms with Gasteiger partial charge < -0.3 is 14.5 Å². The summed E-state index contributed by atoms with van der Waals surface area (Å²) in [7, 11) is 5.02. The van der Waals surface area contributed by atoms with Crippen LogP contribution in [0.1, 0.15) is 11.1 Å². The van der Waals surface area contributed by atoms with Crippen molar-refractivity contribution in [3.8, 4) is 0 Å². The molecule has 114 valence electrons. The van der Waals surface area contributed by atoms with Gasteiger partial charge in [-0.3, -0.25) is 9.78 Å². The average molecular weight is 293 g/mol. The molecule has 0 unspecified atom stereocenters. The molecule has 0 aromatic carbocycles. The first-order chi connectivity index (χ1) is 9.76. The molecule has 2 aromatic rings. The highest BCUT2D eigenvalue weighted by Crippen LogP contribution is 2.04. The Labute approximate surface area is 121 Å². The van der Waals surface area contributed by atoms with Gasteiger partial charge in [-0.15, -0.1) is 0 Å². The van der Waals surface area contributed by atoms with Crippen molar-refractivity contribution in [3.05, 3.63) is 54.8 Å². The molecule has 8 nitrogen and oxygen atoms in total. The quantitative estimate of drug-likeness (QED) is 0.739. The molecule has 0 saturated carbocycles. The zero-order valence-electron chi connectivity index (χ0n) is 12.7. The molecular formula is C13H19N5O3. The van der Waals surface area contributed by atoms with Crippen LogP contribution in [0.4, 0.5) is 5.82 Å². The number of nitrogens with one attached hydrogen (secondary N) is 2. The molecule has 0 atom stereocenters. The molecule has 2 rings (SSSR count). The standard InChI is InChI=1S/C7H11N3O.C6H8N2O2/c1-5-4-10(3)7(11)9-6(5)8-2;1-4-3-8(2)6(10)7-5(4)9/h4H,1-3H3,(H,8,9,11);3H,1-2H3,(H,7,9,10). The summed E-state index contributed by atoms with van der Waals surface area (Å²) in [5.74, 6) is 0.646. The van der Waals surface area contributed by atoms with E-state index in [9.17, 15) is 14.4 Å². The third-order valence-corrected chi connectivity index (χ3v) is 2.79. The number of rotatable bonds is 1. The van der Waals surface area contributed by atoms with E-state index in [0.717, 1.165) is 5.56 Å². The Hall–Kier alpha value is -2.64. The van der Waals surface area contributed by atoms with Gasteiger partial charge in [0.05, 0.1) is 0 Å². The van der Waals surface area contributed by atoms with Gasteiger partial charge >= 0.3 is 11.4 Å². The van der Waals surface area contributed by atoms with Crippen LogP contribution in [0, 0.1) is 13.8 Å². The summed E-state index contributed by atoms with van der Waals surface area (Å²) in [4.78, 5) is 38.3. The van der Waals surface area contributed by atoms with Crippen molar-refractivity contribution in [2.75, 3.05) is 12.4 Å². The highest BCUT2D eigenvalue weighted by atomic mass is 16.2. The van der Waals surface area contributed by atoms with Crippen molar-refractivity contribution in [1.29, 1.82) is 0 Å². The van der Waals surface area contributed by atoms with Crippen LogP contribution in [0.25, 0.3) is 0 Å². The average Bonchev–Trinajstić information content (AvgIpc) is 2.41. The zero-order valence-corrected chi connectivity index (χ0v) is 12.7. The highest BCUT2D eigenvalue weighted by molar-refractivity contribution is 5.40. The third-order valence-electron chi connectivity index (χ3n) is 2.79. The lowest BCUT2D eigenvalue weighted by molar-refractivity contribution is 0.789. The number of hydrogen-bond donors (Lipinski definition) is 2. The SMILES string of the molecule is CNc1nc(=O)n(C)cc1C.Cc1cn(C)c(=O)[nH]c1=O. The first kappa shape index (κ1) is 16.4. The summed E-state index contributed by atoms with van der Waals surface area (Å²) in [6, 6.07) is 0. The number of aromatic amines is 1. The Morgan fingerprint density at radius 1 is 1.05 bits per heavy atom. The van der Waals surface area contributed by atoms with Crippen molar-refractivity contribution in [3.63, 3.8) is 0 Å². The van der Waals surface area contributed by atoms with E-state index in [1.807, 2.05) is 6.92 Å². The Kier molecular flexibility index (Phi) is 5.23. The topological polar surface area (TPSA) is 102 Å². The Balaban J connectivity index is 0.000000211. The number of nitrogens with zero attached hydrogens (tertiary/aromatic N) is 3. The molecule has 0 saturated heterocycles. The van der Waals surface area contributed by atoms with Gasteiger partial charge in [0.2, 0.25) is 0 Å². The Bertz CT molecular complexity index is 769. The molecule has 21 heavy (non-hydrogen) atoms. The van der Waals surface area contributed by atoms with Gasteiger partial charge in [-0.25, -0.2) is 9.59 Å². The van der Waals surface area contributed by atoms with Gasteiger partial charge in [0.15, 0.2) is 0 Å². The van der Waals surface area contributed by atoms with Crippen LogP contribution in [-0.4, -0.2) is 26.1 Å². The van der Waals surface area contributed by atoms with Crippen LogP contribution in [0.2, 0.25) is 0 Å². The van der Waals surface area contributed by atoms with E-state index in [0.29, 0.717) is 11.4 Å². The lowest BCUT2D eigenvalue weighted by atomic mass is 10.3. The maximum absolute atomic E-state index is 11.0. The second-order valence-corrected chi connectivity index (χ2v) is 4.60. The van der Waals surface area contributed by atoms with Crippen molar-refractivity contribution in [2.45, 2.75) is 13.8 Å². The van der Waals surface area contributed by atoms with Crippen LogP contribution in [0.5, 0.6) is 0 Å². The Morgan fingerprint density at radius 3 is 2.14 bits per heavy atom. The normalized spacial score (nSPS) is 9.76. The molecule has 0 radical (unpaired) electrons. The molecule has 2 N–H and O–H groups in total. The predicted octanol–water partition coefficient (Wildman–Crippen LogP) is -0.488. The smallest absolute Gasteiger partial charge is 0.349 e. The van der Waals surface area contributed by atoms with E-state index in [-0.39, 0.29) is 16.9 Å². The minimum absolute atomic E-state index is 0.236. The molecule has 8 heteroatoms. The lowest BCUT2D eigenvalue weighted by Crippen LogP contribution is -2.28. The molecule has 0 amide bonds. The van der Waals surface area contributed by atoms with Gasteiger partial charge in [0.1, 0.15) is 5.82 Å². The maximum atomic E-state index is 11.0. The molecule has 0 fully saturated rings. The Morgan fingerprint density at radius 2 is 1.62 bits per heavy atom. The summed E-state index contributed by atoms with van der Waals surface area (Å²) in [6.45, 7) is 3.55. The number of H-pyrrole nitrogens is 1. The van der Waals surface area contributed by atoms with Gasteiger partial charge in [-0.05, 0) is 13.8 Å². The molecule has 2 heterocycles. The summed E-state index contributed by atoms with van der Waals surface area (Å²) in [6.07, 6.45) is 3.25. The molecule has 0 spiro atoms. The van der Waals surface area contributed by atoms with E-state index in [1.165, 1.54) is 15.3 Å². The number of aryl methyl sites for hydroxylation is 4. The van der Waals surface area contributed by atoms with E-state index in [1.54, 1.807) is 34.3 Å². The van der Waals surface area contributed by atoms with Gasteiger partial charge in [0.25, 0.3) is 5.56 Å². The van der Waals surface area contributed by atoms with Gasteiger partial charge in [-0.2, -0.15) is 4.98 Å². The number of anilines is 1. The highest BCUT2D eigenvalue weighted by Gasteiger charge is 1.99. The monoisotopic (exact) mass is 293 g/mol.